The maximum absolute atomic E-state index is 11.3. The van der Waals surface area contributed by atoms with Crippen molar-refractivity contribution in [1.29, 1.82) is 0 Å². The summed E-state index contributed by atoms with van der Waals surface area (Å²) in [6, 6.07) is 3.01. The van der Waals surface area contributed by atoms with Crippen LogP contribution in [0.2, 0.25) is 0 Å². The fourth-order valence-electron chi connectivity index (χ4n) is 1.17. The Morgan fingerprint density at radius 2 is 2.12 bits per heavy atom. The van der Waals surface area contributed by atoms with Gasteiger partial charge >= 0.3 is 5.97 Å². The van der Waals surface area contributed by atoms with Crippen LogP contribution < -0.4 is 9.47 Å². The number of carbonyl (C=O) groups excluding carboxylic acids is 2. The number of benzene rings is 1. The maximum Gasteiger partial charge on any atom is 0.337 e. The summed E-state index contributed by atoms with van der Waals surface area (Å²) in [6.07, 6.45) is 0.675. The lowest BCUT2D eigenvalue weighted by molar-refractivity contribution is -0.138. The van der Waals surface area contributed by atoms with Crippen LogP contribution in [-0.4, -0.2) is 33.1 Å². The van der Waals surface area contributed by atoms with Crippen molar-refractivity contribution < 1.29 is 23.8 Å². The summed E-state index contributed by atoms with van der Waals surface area (Å²) in [5, 5.41) is 0. The molecule has 5 nitrogen and oxygen atoms in total. The average Bonchev–Trinajstić information content (AvgIpc) is 2.31. The molecule has 1 rings (SSSR count). The molecule has 0 aliphatic carbocycles. The number of hydrogen-bond donors (Lipinski definition) is 0. The van der Waals surface area contributed by atoms with Crippen molar-refractivity contribution in [3.05, 3.63) is 22.2 Å². The van der Waals surface area contributed by atoms with E-state index in [1.54, 1.807) is 0 Å². The first kappa shape index (κ1) is 13.7. The van der Waals surface area contributed by atoms with Gasteiger partial charge in [-0.25, -0.2) is 4.79 Å². The van der Waals surface area contributed by atoms with Crippen LogP contribution in [0.1, 0.15) is 10.4 Å². The van der Waals surface area contributed by atoms with Crippen molar-refractivity contribution in [1.82, 2.24) is 0 Å². The molecule has 6 heteroatoms. The van der Waals surface area contributed by atoms with Gasteiger partial charge in [-0.1, -0.05) is 0 Å². The standard InChI is InChI=1S/C11H11BrO5/c1-15-6-10(14)17-11-8(12)3-7(5-13)4-9(11)16-2/h3-5H,6H2,1-2H3. The Balaban J connectivity index is 3.05. The van der Waals surface area contributed by atoms with Gasteiger partial charge in [0.1, 0.15) is 12.9 Å². The number of rotatable bonds is 5. The lowest BCUT2D eigenvalue weighted by atomic mass is 10.2. The molecule has 0 fully saturated rings. The first-order valence-electron chi connectivity index (χ1n) is 4.64. The van der Waals surface area contributed by atoms with E-state index in [4.69, 9.17) is 9.47 Å². The van der Waals surface area contributed by atoms with Crippen molar-refractivity contribution in [3.63, 3.8) is 0 Å². The van der Waals surface area contributed by atoms with Crippen molar-refractivity contribution >= 4 is 28.2 Å². The van der Waals surface area contributed by atoms with E-state index in [9.17, 15) is 9.59 Å². The summed E-state index contributed by atoms with van der Waals surface area (Å²) in [5.74, 6) is -0.0311. The Morgan fingerprint density at radius 1 is 1.41 bits per heavy atom. The predicted octanol–water partition coefficient (Wildman–Crippen LogP) is 1.82. The Kier molecular flexibility index (Phi) is 5.11. The van der Waals surface area contributed by atoms with E-state index in [1.165, 1.54) is 26.4 Å². The van der Waals surface area contributed by atoms with Crippen LogP contribution in [0.3, 0.4) is 0 Å². The van der Waals surface area contributed by atoms with Gasteiger partial charge in [0.2, 0.25) is 0 Å². The molecule has 0 aliphatic rings. The van der Waals surface area contributed by atoms with Gasteiger partial charge in [0.15, 0.2) is 11.5 Å². The van der Waals surface area contributed by atoms with Crippen LogP contribution in [0, 0.1) is 0 Å². The summed E-state index contributed by atoms with van der Waals surface area (Å²) >= 11 is 3.20. The highest BCUT2D eigenvalue weighted by molar-refractivity contribution is 9.10. The topological polar surface area (TPSA) is 61.8 Å². The summed E-state index contributed by atoms with van der Waals surface area (Å²) < 4.78 is 15.2. The Hall–Kier alpha value is -1.40. The number of methoxy groups -OCH3 is 2. The third-order valence-corrected chi connectivity index (χ3v) is 2.45. The highest BCUT2D eigenvalue weighted by atomic mass is 79.9. The molecule has 0 saturated heterocycles. The molecule has 0 bridgehead atoms. The van der Waals surface area contributed by atoms with Gasteiger partial charge < -0.3 is 14.2 Å². The van der Waals surface area contributed by atoms with E-state index in [2.05, 4.69) is 20.7 Å². The molecule has 0 atom stereocenters. The van der Waals surface area contributed by atoms with Crippen molar-refractivity contribution in [2.45, 2.75) is 0 Å². The molecule has 0 aromatic heterocycles. The Labute approximate surface area is 107 Å². The van der Waals surface area contributed by atoms with Crippen molar-refractivity contribution in [2.75, 3.05) is 20.8 Å². The van der Waals surface area contributed by atoms with Crippen LogP contribution >= 0.6 is 15.9 Å². The van der Waals surface area contributed by atoms with Crippen LogP contribution in [-0.2, 0) is 9.53 Å². The first-order chi connectivity index (χ1) is 8.12. The SMILES string of the molecule is COCC(=O)Oc1c(Br)cc(C=O)cc1OC. The van der Waals surface area contributed by atoms with E-state index in [1.807, 2.05) is 0 Å². The minimum Gasteiger partial charge on any atom is -0.493 e. The summed E-state index contributed by atoms with van der Waals surface area (Å²) in [6.45, 7) is -0.162. The minimum absolute atomic E-state index is 0.162. The number of hydrogen-bond acceptors (Lipinski definition) is 5. The summed E-state index contributed by atoms with van der Waals surface area (Å²) in [4.78, 5) is 22.0. The second kappa shape index (κ2) is 6.36. The van der Waals surface area contributed by atoms with Crippen LogP contribution in [0.5, 0.6) is 11.5 Å². The van der Waals surface area contributed by atoms with Crippen LogP contribution in [0.4, 0.5) is 0 Å². The van der Waals surface area contributed by atoms with Gasteiger partial charge in [-0.2, -0.15) is 0 Å². The van der Waals surface area contributed by atoms with Crippen LogP contribution in [0.25, 0.3) is 0 Å². The smallest absolute Gasteiger partial charge is 0.337 e. The lowest BCUT2D eigenvalue weighted by Gasteiger charge is -2.11. The number of halogens is 1. The minimum atomic E-state index is -0.551. The molecule has 0 spiro atoms. The third kappa shape index (κ3) is 3.54. The summed E-state index contributed by atoms with van der Waals surface area (Å²) in [7, 11) is 2.81. The number of aldehydes is 1. The van der Waals surface area contributed by atoms with Gasteiger partial charge in [-0.3, -0.25) is 4.79 Å². The van der Waals surface area contributed by atoms with E-state index in [0.717, 1.165) is 0 Å². The zero-order valence-electron chi connectivity index (χ0n) is 9.36. The molecule has 0 saturated carbocycles. The Bertz CT molecular complexity index is 430. The Morgan fingerprint density at radius 3 is 2.65 bits per heavy atom. The molecule has 0 heterocycles. The van der Waals surface area contributed by atoms with Crippen LogP contribution in [0.15, 0.2) is 16.6 Å². The number of ether oxygens (including phenoxy) is 3. The fraction of sp³-hybridized carbons (Fsp3) is 0.273. The first-order valence-corrected chi connectivity index (χ1v) is 5.44. The van der Waals surface area contributed by atoms with Crippen molar-refractivity contribution in [2.24, 2.45) is 0 Å². The highest BCUT2D eigenvalue weighted by Crippen LogP contribution is 2.36. The molecule has 0 radical (unpaired) electrons. The average molecular weight is 303 g/mol. The monoisotopic (exact) mass is 302 g/mol. The second-order valence-electron chi connectivity index (χ2n) is 3.06. The molecule has 0 aliphatic heterocycles. The zero-order chi connectivity index (χ0) is 12.8. The van der Waals surface area contributed by atoms with Gasteiger partial charge in [0, 0.05) is 12.7 Å². The van der Waals surface area contributed by atoms with Gasteiger partial charge in [0.05, 0.1) is 11.6 Å². The fourth-order valence-corrected chi connectivity index (χ4v) is 1.71. The molecule has 17 heavy (non-hydrogen) atoms. The third-order valence-electron chi connectivity index (χ3n) is 1.87. The maximum atomic E-state index is 11.3. The molecule has 0 amide bonds. The normalized spacial score (nSPS) is 9.82. The quantitative estimate of drug-likeness (QED) is 0.472. The molecule has 0 N–H and O–H groups in total. The molecule has 0 unspecified atom stereocenters. The molecular formula is C11H11BrO5. The van der Waals surface area contributed by atoms with E-state index < -0.39 is 5.97 Å². The van der Waals surface area contributed by atoms with Gasteiger partial charge in [-0.05, 0) is 28.1 Å². The van der Waals surface area contributed by atoms with E-state index >= 15 is 0 Å². The van der Waals surface area contributed by atoms with Gasteiger partial charge in [0.25, 0.3) is 0 Å². The summed E-state index contributed by atoms with van der Waals surface area (Å²) in [5.41, 5.74) is 0.417. The van der Waals surface area contributed by atoms with E-state index in [0.29, 0.717) is 22.1 Å². The molecule has 1 aromatic carbocycles. The zero-order valence-corrected chi connectivity index (χ0v) is 10.9. The van der Waals surface area contributed by atoms with Gasteiger partial charge in [-0.15, -0.1) is 0 Å². The second-order valence-corrected chi connectivity index (χ2v) is 3.91. The highest BCUT2D eigenvalue weighted by Gasteiger charge is 2.15. The largest absolute Gasteiger partial charge is 0.493 e. The number of esters is 1. The van der Waals surface area contributed by atoms with Crippen molar-refractivity contribution in [3.8, 4) is 11.5 Å². The predicted molar refractivity (Wildman–Crippen MR) is 63.6 cm³/mol. The molecule has 1 aromatic rings. The number of carbonyl (C=O) groups is 2. The molecular weight excluding hydrogens is 292 g/mol. The van der Waals surface area contributed by atoms with E-state index in [-0.39, 0.29) is 12.4 Å². The molecule has 92 valence electrons. The lowest BCUT2D eigenvalue weighted by Crippen LogP contribution is -2.15.